The number of hydrogen-bond acceptors (Lipinski definition) is 2. The Bertz CT molecular complexity index is 836. The topological polar surface area (TPSA) is 44.4 Å². The zero-order chi connectivity index (χ0) is 20.9. The van der Waals surface area contributed by atoms with Crippen LogP contribution >= 0.6 is 11.6 Å². The van der Waals surface area contributed by atoms with Crippen LogP contribution in [0.25, 0.3) is 0 Å². The van der Waals surface area contributed by atoms with Crippen LogP contribution in [-0.4, -0.2) is 30.6 Å². The summed E-state index contributed by atoms with van der Waals surface area (Å²) >= 11 is 6.21. The maximum Gasteiger partial charge on any atom is 0.418 e. The van der Waals surface area contributed by atoms with Crippen molar-refractivity contribution in [3.63, 3.8) is 0 Å². The predicted octanol–water partition coefficient (Wildman–Crippen LogP) is 5.39. The number of likely N-dealkylation sites (tertiary alicyclic amines) is 1. The van der Waals surface area contributed by atoms with E-state index in [1.165, 1.54) is 18.2 Å². The van der Waals surface area contributed by atoms with Gasteiger partial charge in [0.15, 0.2) is 0 Å². The average molecular weight is 426 g/mol. The van der Waals surface area contributed by atoms with Crippen molar-refractivity contribution in [1.82, 2.24) is 10.2 Å². The quantitative estimate of drug-likeness (QED) is 0.674. The molecule has 0 unspecified atom stereocenters. The number of nitrogens with one attached hydrogen (secondary N) is 2. The van der Waals surface area contributed by atoms with E-state index in [0.29, 0.717) is 12.5 Å². The van der Waals surface area contributed by atoms with Crippen LogP contribution < -0.4 is 10.6 Å². The third-order valence-electron chi connectivity index (χ3n) is 5.09. The maximum atomic E-state index is 13.0. The smallest absolute Gasteiger partial charge is 0.338 e. The molecule has 2 amide bonds. The lowest BCUT2D eigenvalue weighted by molar-refractivity contribution is -0.136. The van der Waals surface area contributed by atoms with E-state index in [1.807, 2.05) is 24.3 Å². The van der Waals surface area contributed by atoms with Crippen molar-refractivity contribution in [1.29, 1.82) is 0 Å². The first kappa shape index (κ1) is 21.5. The molecule has 4 nitrogen and oxygen atoms in total. The highest BCUT2D eigenvalue weighted by Gasteiger charge is 2.33. The maximum absolute atomic E-state index is 13.0. The standard InChI is InChI=1S/C21H23ClF3N3O/c22-18-7-3-1-5-16(18)14-28-11-9-15(10-12-28)13-26-20(29)27-19-8-4-2-6-17(19)21(23,24)25/h1-8,15H,9-14H2,(H2,26,27,29). The van der Waals surface area contributed by atoms with Crippen molar-refractivity contribution in [3.05, 3.63) is 64.7 Å². The first-order chi connectivity index (χ1) is 13.8. The molecule has 1 saturated heterocycles. The van der Waals surface area contributed by atoms with E-state index >= 15 is 0 Å². The molecular formula is C21H23ClF3N3O. The fourth-order valence-electron chi connectivity index (χ4n) is 3.46. The molecule has 1 aliphatic heterocycles. The van der Waals surface area contributed by atoms with Gasteiger partial charge in [-0.1, -0.05) is 41.9 Å². The lowest BCUT2D eigenvalue weighted by Gasteiger charge is -2.32. The molecule has 156 valence electrons. The Hall–Kier alpha value is -2.25. The number of carbonyl (C=O) groups excluding carboxylic acids is 1. The Morgan fingerprint density at radius 3 is 2.41 bits per heavy atom. The van der Waals surface area contributed by atoms with Gasteiger partial charge in [-0.15, -0.1) is 0 Å². The molecule has 2 aromatic rings. The molecule has 1 fully saturated rings. The van der Waals surface area contributed by atoms with Gasteiger partial charge in [-0.25, -0.2) is 4.79 Å². The molecule has 29 heavy (non-hydrogen) atoms. The summed E-state index contributed by atoms with van der Waals surface area (Å²) in [4.78, 5) is 14.4. The second kappa shape index (κ2) is 9.50. The first-order valence-corrected chi connectivity index (χ1v) is 9.87. The summed E-state index contributed by atoms with van der Waals surface area (Å²) in [6, 6.07) is 12.1. The monoisotopic (exact) mass is 425 g/mol. The summed E-state index contributed by atoms with van der Waals surface area (Å²) in [6.07, 6.45) is -2.70. The zero-order valence-electron chi connectivity index (χ0n) is 15.8. The summed E-state index contributed by atoms with van der Waals surface area (Å²) in [5.41, 5.74) is -0.0106. The molecule has 1 heterocycles. The van der Waals surface area contributed by atoms with Gasteiger partial charge in [0.05, 0.1) is 11.3 Å². The number of amides is 2. The van der Waals surface area contributed by atoms with E-state index in [9.17, 15) is 18.0 Å². The second-order valence-corrected chi connectivity index (χ2v) is 7.60. The van der Waals surface area contributed by atoms with Crippen molar-refractivity contribution < 1.29 is 18.0 Å². The SMILES string of the molecule is O=C(NCC1CCN(Cc2ccccc2Cl)CC1)Nc1ccccc1C(F)(F)F. The van der Waals surface area contributed by atoms with Crippen LogP contribution in [0.4, 0.5) is 23.7 Å². The van der Waals surface area contributed by atoms with Gasteiger partial charge in [-0.3, -0.25) is 4.90 Å². The Morgan fingerprint density at radius 2 is 1.72 bits per heavy atom. The van der Waals surface area contributed by atoms with Gasteiger partial charge in [0, 0.05) is 18.1 Å². The number of carbonyl (C=O) groups is 1. The summed E-state index contributed by atoms with van der Waals surface area (Å²) < 4.78 is 39.0. The third-order valence-corrected chi connectivity index (χ3v) is 5.46. The number of halogens is 4. The number of piperidine rings is 1. The second-order valence-electron chi connectivity index (χ2n) is 7.19. The number of alkyl halides is 3. The molecule has 0 atom stereocenters. The van der Waals surface area contributed by atoms with Crippen LogP contribution in [0.5, 0.6) is 0 Å². The van der Waals surface area contributed by atoms with Crippen molar-refractivity contribution in [2.45, 2.75) is 25.6 Å². The number of rotatable bonds is 5. The normalized spacial score (nSPS) is 15.9. The van der Waals surface area contributed by atoms with Gasteiger partial charge in [0.2, 0.25) is 0 Å². The summed E-state index contributed by atoms with van der Waals surface area (Å²) in [7, 11) is 0. The van der Waals surface area contributed by atoms with Gasteiger partial charge < -0.3 is 10.6 Å². The van der Waals surface area contributed by atoms with Crippen LogP contribution in [0.3, 0.4) is 0 Å². The molecule has 1 aliphatic rings. The molecule has 0 aromatic heterocycles. The Morgan fingerprint density at radius 1 is 1.07 bits per heavy atom. The zero-order valence-corrected chi connectivity index (χ0v) is 16.6. The number of nitrogens with zero attached hydrogens (tertiary/aromatic N) is 1. The lowest BCUT2D eigenvalue weighted by Crippen LogP contribution is -2.39. The Kier molecular flexibility index (Phi) is 7.03. The van der Waals surface area contributed by atoms with E-state index in [-0.39, 0.29) is 5.69 Å². The lowest BCUT2D eigenvalue weighted by atomic mass is 9.96. The van der Waals surface area contributed by atoms with Gasteiger partial charge in [-0.2, -0.15) is 13.2 Å². The number of benzene rings is 2. The minimum absolute atomic E-state index is 0.243. The van der Waals surface area contributed by atoms with Crippen LogP contribution in [0.15, 0.2) is 48.5 Å². The minimum atomic E-state index is -4.52. The molecule has 2 aromatic carbocycles. The van der Waals surface area contributed by atoms with Crippen molar-refractivity contribution in [2.75, 3.05) is 25.0 Å². The fourth-order valence-corrected chi connectivity index (χ4v) is 3.65. The minimum Gasteiger partial charge on any atom is -0.338 e. The molecule has 3 rings (SSSR count). The fraction of sp³-hybridized carbons (Fsp3) is 0.381. The van der Waals surface area contributed by atoms with E-state index in [1.54, 1.807) is 0 Å². The van der Waals surface area contributed by atoms with Crippen LogP contribution in [0.1, 0.15) is 24.0 Å². The molecule has 0 saturated carbocycles. The van der Waals surface area contributed by atoms with Crippen molar-refractivity contribution in [3.8, 4) is 0 Å². The Balaban J connectivity index is 1.44. The number of hydrogen-bond donors (Lipinski definition) is 2. The van der Waals surface area contributed by atoms with Gasteiger partial charge in [-0.05, 0) is 55.6 Å². The van der Waals surface area contributed by atoms with Crippen LogP contribution in [0.2, 0.25) is 5.02 Å². The Labute approximate surface area is 173 Å². The van der Waals surface area contributed by atoms with Crippen LogP contribution in [0, 0.1) is 5.92 Å². The predicted molar refractivity (Wildman–Crippen MR) is 108 cm³/mol. The highest BCUT2D eigenvalue weighted by molar-refractivity contribution is 6.31. The highest BCUT2D eigenvalue weighted by Crippen LogP contribution is 2.34. The van der Waals surface area contributed by atoms with E-state index < -0.39 is 17.8 Å². The largest absolute Gasteiger partial charge is 0.418 e. The number of para-hydroxylation sites is 1. The molecule has 0 spiro atoms. The van der Waals surface area contributed by atoms with E-state index in [2.05, 4.69) is 15.5 Å². The van der Waals surface area contributed by atoms with Gasteiger partial charge >= 0.3 is 12.2 Å². The molecule has 0 radical (unpaired) electrons. The molecule has 0 aliphatic carbocycles. The van der Waals surface area contributed by atoms with Gasteiger partial charge in [0.25, 0.3) is 0 Å². The van der Waals surface area contributed by atoms with Crippen LogP contribution in [-0.2, 0) is 12.7 Å². The summed E-state index contributed by atoms with van der Waals surface area (Å²) in [5, 5.41) is 5.76. The molecule has 0 bridgehead atoms. The van der Waals surface area contributed by atoms with E-state index in [4.69, 9.17) is 11.6 Å². The number of urea groups is 1. The first-order valence-electron chi connectivity index (χ1n) is 9.50. The van der Waals surface area contributed by atoms with Crippen molar-refractivity contribution >= 4 is 23.3 Å². The summed E-state index contributed by atoms with van der Waals surface area (Å²) in [6.45, 7) is 2.99. The summed E-state index contributed by atoms with van der Waals surface area (Å²) in [5.74, 6) is 0.293. The molecule has 8 heteroatoms. The average Bonchev–Trinajstić information content (AvgIpc) is 2.69. The number of anilines is 1. The van der Waals surface area contributed by atoms with Crippen molar-refractivity contribution in [2.24, 2.45) is 5.92 Å². The highest BCUT2D eigenvalue weighted by atomic mass is 35.5. The molecule has 2 N–H and O–H groups in total. The van der Waals surface area contributed by atoms with Gasteiger partial charge in [0.1, 0.15) is 0 Å². The van der Waals surface area contributed by atoms with E-state index in [0.717, 1.165) is 49.1 Å². The third kappa shape index (κ3) is 6.11. The molecular weight excluding hydrogens is 403 g/mol.